The Bertz CT molecular complexity index is 495. The van der Waals surface area contributed by atoms with Crippen molar-refractivity contribution in [1.29, 1.82) is 0 Å². The van der Waals surface area contributed by atoms with Crippen LogP contribution in [0.2, 0.25) is 0 Å². The summed E-state index contributed by atoms with van der Waals surface area (Å²) < 4.78 is 1.38. The minimum atomic E-state index is -0.166. The number of pyridine rings is 1. The molecule has 17 heavy (non-hydrogen) atoms. The zero-order valence-electron chi connectivity index (χ0n) is 9.08. The topological polar surface area (TPSA) is 98.7 Å². The van der Waals surface area contributed by atoms with E-state index in [1.54, 1.807) is 6.20 Å². The Kier molecular flexibility index (Phi) is 3.29. The molecule has 0 saturated heterocycles. The monoisotopic (exact) mass is 232 g/mol. The summed E-state index contributed by atoms with van der Waals surface area (Å²) in [6.45, 7) is 0.487. The van der Waals surface area contributed by atoms with E-state index in [2.05, 4.69) is 20.6 Å². The van der Waals surface area contributed by atoms with Gasteiger partial charge in [0.2, 0.25) is 5.91 Å². The van der Waals surface area contributed by atoms with E-state index in [0.717, 1.165) is 5.69 Å². The molecule has 7 nitrogen and oxygen atoms in total. The molecule has 0 aliphatic rings. The van der Waals surface area contributed by atoms with Crippen LogP contribution in [-0.4, -0.2) is 25.9 Å². The summed E-state index contributed by atoms with van der Waals surface area (Å²) >= 11 is 0. The van der Waals surface area contributed by atoms with Crippen molar-refractivity contribution in [3.8, 4) is 0 Å². The first kappa shape index (κ1) is 11.1. The van der Waals surface area contributed by atoms with Gasteiger partial charge < -0.3 is 11.1 Å². The molecule has 0 atom stereocenters. The third kappa shape index (κ3) is 3.26. The van der Waals surface area contributed by atoms with E-state index < -0.39 is 0 Å². The second kappa shape index (κ2) is 5.06. The number of amides is 1. The van der Waals surface area contributed by atoms with E-state index in [4.69, 9.17) is 5.73 Å². The van der Waals surface area contributed by atoms with Gasteiger partial charge in [-0.25, -0.2) is 4.68 Å². The SMILES string of the molecule is Nc1cn(CC(=O)NCc2ccccn2)nn1. The second-order valence-electron chi connectivity index (χ2n) is 3.44. The molecule has 0 bridgehead atoms. The van der Waals surface area contributed by atoms with Crippen LogP contribution in [0.5, 0.6) is 0 Å². The van der Waals surface area contributed by atoms with E-state index in [1.807, 2.05) is 18.2 Å². The van der Waals surface area contributed by atoms with Gasteiger partial charge in [0, 0.05) is 6.20 Å². The Morgan fingerprint density at radius 3 is 3.00 bits per heavy atom. The molecule has 0 spiro atoms. The summed E-state index contributed by atoms with van der Waals surface area (Å²) in [6, 6.07) is 5.53. The highest BCUT2D eigenvalue weighted by Gasteiger charge is 2.04. The summed E-state index contributed by atoms with van der Waals surface area (Å²) in [5, 5.41) is 9.99. The molecule has 1 amide bonds. The standard InChI is InChI=1S/C10H12N6O/c11-9-6-16(15-14-9)7-10(17)13-5-8-3-1-2-4-12-8/h1-4,6H,5,7,11H2,(H,13,17). The first-order valence-corrected chi connectivity index (χ1v) is 5.06. The predicted molar refractivity (Wildman–Crippen MR) is 60.5 cm³/mol. The molecule has 0 aliphatic heterocycles. The fraction of sp³-hybridized carbons (Fsp3) is 0.200. The van der Waals surface area contributed by atoms with Crippen molar-refractivity contribution in [3.05, 3.63) is 36.3 Å². The third-order valence-electron chi connectivity index (χ3n) is 2.05. The summed E-state index contributed by atoms with van der Waals surface area (Å²) in [7, 11) is 0. The number of carbonyl (C=O) groups is 1. The Balaban J connectivity index is 1.82. The van der Waals surface area contributed by atoms with Gasteiger partial charge in [-0.1, -0.05) is 11.3 Å². The highest BCUT2D eigenvalue weighted by Crippen LogP contribution is 1.94. The maximum absolute atomic E-state index is 11.5. The fourth-order valence-corrected chi connectivity index (χ4v) is 1.29. The molecule has 0 aliphatic carbocycles. The third-order valence-corrected chi connectivity index (χ3v) is 2.05. The van der Waals surface area contributed by atoms with Gasteiger partial charge >= 0.3 is 0 Å². The van der Waals surface area contributed by atoms with Crippen molar-refractivity contribution >= 4 is 11.7 Å². The number of anilines is 1. The van der Waals surface area contributed by atoms with Crippen LogP contribution in [0.3, 0.4) is 0 Å². The van der Waals surface area contributed by atoms with E-state index >= 15 is 0 Å². The normalized spacial score (nSPS) is 10.1. The molecule has 3 N–H and O–H groups in total. The number of carbonyl (C=O) groups excluding carboxylic acids is 1. The van der Waals surface area contributed by atoms with Crippen molar-refractivity contribution in [1.82, 2.24) is 25.3 Å². The summed E-state index contributed by atoms with van der Waals surface area (Å²) in [4.78, 5) is 15.6. The van der Waals surface area contributed by atoms with Gasteiger partial charge in [0.15, 0.2) is 5.82 Å². The lowest BCUT2D eigenvalue weighted by atomic mass is 10.3. The van der Waals surface area contributed by atoms with Crippen LogP contribution in [0.15, 0.2) is 30.6 Å². The lowest BCUT2D eigenvalue weighted by Gasteiger charge is -2.03. The van der Waals surface area contributed by atoms with Gasteiger partial charge in [-0.2, -0.15) is 0 Å². The zero-order chi connectivity index (χ0) is 12.1. The minimum absolute atomic E-state index is 0.0943. The van der Waals surface area contributed by atoms with Gasteiger partial charge in [-0.15, -0.1) is 5.10 Å². The average Bonchev–Trinajstić information content (AvgIpc) is 2.73. The van der Waals surface area contributed by atoms with E-state index in [1.165, 1.54) is 10.9 Å². The maximum atomic E-state index is 11.5. The van der Waals surface area contributed by atoms with Gasteiger partial charge in [0.1, 0.15) is 6.54 Å². The molecule has 2 aromatic heterocycles. The van der Waals surface area contributed by atoms with Crippen LogP contribution in [0.1, 0.15) is 5.69 Å². The van der Waals surface area contributed by atoms with E-state index in [9.17, 15) is 4.79 Å². The van der Waals surface area contributed by atoms with Crippen molar-refractivity contribution in [2.75, 3.05) is 5.73 Å². The quantitative estimate of drug-likeness (QED) is 0.745. The van der Waals surface area contributed by atoms with Crippen molar-refractivity contribution in [2.45, 2.75) is 13.1 Å². The largest absolute Gasteiger partial charge is 0.381 e. The van der Waals surface area contributed by atoms with E-state index in [-0.39, 0.29) is 12.5 Å². The molecule has 88 valence electrons. The van der Waals surface area contributed by atoms with Crippen LogP contribution in [0.25, 0.3) is 0 Å². The van der Waals surface area contributed by atoms with Crippen molar-refractivity contribution in [3.63, 3.8) is 0 Å². The number of aromatic nitrogens is 4. The molecule has 7 heteroatoms. The van der Waals surface area contributed by atoms with Gasteiger partial charge in [-0.3, -0.25) is 9.78 Å². The van der Waals surface area contributed by atoms with Crippen LogP contribution < -0.4 is 11.1 Å². The first-order valence-electron chi connectivity index (χ1n) is 5.06. The lowest BCUT2D eigenvalue weighted by Crippen LogP contribution is -2.27. The first-order chi connectivity index (χ1) is 8.24. The molecular weight excluding hydrogens is 220 g/mol. The summed E-state index contributed by atoms with van der Waals surface area (Å²) in [5.41, 5.74) is 6.19. The van der Waals surface area contributed by atoms with Crippen molar-refractivity contribution < 1.29 is 4.79 Å². The number of hydrogen-bond acceptors (Lipinski definition) is 5. The van der Waals surface area contributed by atoms with E-state index in [0.29, 0.717) is 12.4 Å². The lowest BCUT2D eigenvalue weighted by molar-refractivity contribution is -0.122. The number of hydrogen-bond donors (Lipinski definition) is 2. The summed E-state index contributed by atoms with van der Waals surface area (Å²) in [5.74, 6) is 0.128. The molecule has 0 unspecified atom stereocenters. The molecule has 0 aromatic carbocycles. The van der Waals surface area contributed by atoms with Crippen molar-refractivity contribution in [2.24, 2.45) is 0 Å². The molecule has 0 saturated carbocycles. The van der Waals surface area contributed by atoms with Gasteiger partial charge in [0.25, 0.3) is 0 Å². The number of nitrogen functional groups attached to an aromatic ring is 1. The Morgan fingerprint density at radius 1 is 1.47 bits per heavy atom. The maximum Gasteiger partial charge on any atom is 0.242 e. The number of nitrogens with zero attached hydrogens (tertiary/aromatic N) is 4. The molecule has 0 fully saturated rings. The molecule has 2 heterocycles. The zero-order valence-corrected chi connectivity index (χ0v) is 9.08. The number of nitrogens with one attached hydrogen (secondary N) is 1. The Labute approximate surface area is 97.6 Å². The molecular formula is C10H12N6O. The smallest absolute Gasteiger partial charge is 0.242 e. The van der Waals surface area contributed by atoms with Crippen LogP contribution in [-0.2, 0) is 17.9 Å². The van der Waals surface area contributed by atoms with Crippen LogP contribution in [0, 0.1) is 0 Å². The van der Waals surface area contributed by atoms with Crippen LogP contribution >= 0.6 is 0 Å². The molecule has 2 aromatic rings. The van der Waals surface area contributed by atoms with Gasteiger partial charge in [-0.05, 0) is 12.1 Å². The Morgan fingerprint density at radius 2 is 2.35 bits per heavy atom. The second-order valence-corrected chi connectivity index (χ2v) is 3.44. The highest BCUT2D eigenvalue weighted by molar-refractivity contribution is 5.75. The van der Waals surface area contributed by atoms with Crippen LogP contribution in [0.4, 0.5) is 5.82 Å². The summed E-state index contributed by atoms with van der Waals surface area (Å²) in [6.07, 6.45) is 3.18. The predicted octanol–water partition coefficient (Wildman–Crippen LogP) is -0.428. The fourth-order valence-electron chi connectivity index (χ4n) is 1.29. The molecule has 2 rings (SSSR count). The molecule has 0 radical (unpaired) electrons. The highest BCUT2D eigenvalue weighted by atomic mass is 16.2. The van der Waals surface area contributed by atoms with Gasteiger partial charge in [0.05, 0.1) is 18.4 Å². The minimum Gasteiger partial charge on any atom is -0.381 e. The average molecular weight is 232 g/mol. The number of rotatable bonds is 4. The Hall–Kier alpha value is -2.44. The number of nitrogens with two attached hydrogens (primary N) is 1.